The third kappa shape index (κ3) is 13.5. The summed E-state index contributed by atoms with van der Waals surface area (Å²) in [4.78, 5) is 11.6. The molecule has 0 saturated carbocycles. The van der Waals surface area contributed by atoms with Gasteiger partial charge in [-0.05, 0) is 18.4 Å². The lowest BCUT2D eigenvalue weighted by Crippen LogP contribution is -1.99. The van der Waals surface area contributed by atoms with Gasteiger partial charge in [-0.3, -0.25) is 4.79 Å². The largest absolute Gasteiger partial charge is 0.293 e. The van der Waals surface area contributed by atoms with Gasteiger partial charge in [0, 0.05) is 5.56 Å². The standard InChI is InChI=1S/C26H43BrO/c1-2-3-4-5-6-7-8-9-10-11-12-13-14-15-16-17-18-24-19-21-25(22-20-24)26(28)23-27/h19-22H,2-18,23H2,1H3. The van der Waals surface area contributed by atoms with Crippen molar-refractivity contribution in [2.75, 3.05) is 5.33 Å². The summed E-state index contributed by atoms with van der Waals surface area (Å²) in [6.45, 7) is 2.29. The van der Waals surface area contributed by atoms with Crippen molar-refractivity contribution < 1.29 is 4.79 Å². The van der Waals surface area contributed by atoms with Crippen LogP contribution in [0.5, 0.6) is 0 Å². The third-order valence-corrected chi connectivity index (χ3v) is 6.23. The zero-order valence-electron chi connectivity index (χ0n) is 18.3. The Kier molecular flexibility index (Phi) is 16.7. The normalized spacial score (nSPS) is 11.1. The van der Waals surface area contributed by atoms with Gasteiger partial charge in [-0.25, -0.2) is 0 Å². The lowest BCUT2D eigenvalue weighted by Gasteiger charge is -2.04. The molecule has 0 aromatic heterocycles. The van der Waals surface area contributed by atoms with Crippen molar-refractivity contribution >= 4 is 21.7 Å². The van der Waals surface area contributed by atoms with Gasteiger partial charge in [0.1, 0.15) is 0 Å². The van der Waals surface area contributed by atoms with E-state index in [1.54, 1.807) is 0 Å². The van der Waals surface area contributed by atoms with E-state index in [0.29, 0.717) is 5.33 Å². The molecule has 0 radical (unpaired) electrons. The molecule has 0 heterocycles. The zero-order valence-corrected chi connectivity index (χ0v) is 19.9. The third-order valence-electron chi connectivity index (χ3n) is 5.72. The first-order valence-corrected chi connectivity index (χ1v) is 13.1. The van der Waals surface area contributed by atoms with Crippen molar-refractivity contribution in [3.05, 3.63) is 35.4 Å². The number of rotatable bonds is 19. The fourth-order valence-corrected chi connectivity index (χ4v) is 4.14. The first-order valence-electron chi connectivity index (χ1n) is 12.0. The molecule has 0 saturated heterocycles. The second kappa shape index (κ2) is 18.4. The van der Waals surface area contributed by atoms with E-state index in [1.165, 1.54) is 108 Å². The summed E-state index contributed by atoms with van der Waals surface area (Å²) < 4.78 is 0. The van der Waals surface area contributed by atoms with Gasteiger partial charge >= 0.3 is 0 Å². The summed E-state index contributed by atoms with van der Waals surface area (Å²) in [5, 5.41) is 0.408. The Morgan fingerprint density at radius 1 is 0.643 bits per heavy atom. The van der Waals surface area contributed by atoms with Crippen molar-refractivity contribution in [2.45, 2.75) is 116 Å². The summed E-state index contributed by atoms with van der Waals surface area (Å²) >= 11 is 3.23. The van der Waals surface area contributed by atoms with E-state index in [2.05, 4.69) is 35.0 Å². The summed E-state index contributed by atoms with van der Waals surface area (Å²) in [6.07, 6.45) is 23.7. The topological polar surface area (TPSA) is 17.1 Å². The molecule has 0 amide bonds. The second-order valence-electron chi connectivity index (χ2n) is 8.31. The van der Waals surface area contributed by atoms with E-state index in [9.17, 15) is 4.79 Å². The van der Waals surface area contributed by atoms with Crippen LogP contribution in [0, 0.1) is 0 Å². The molecule has 0 aliphatic rings. The maximum Gasteiger partial charge on any atom is 0.173 e. The Hall–Kier alpha value is -0.630. The van der Waals surface area contributed by atoms with Gasteiger partial charge in [0.05, 0.1) is 5.33 Å². The van der Waals surface area contributed by atoms with Crippen LogP contribution in [-0.2, 0) is 6.42 Å². The molecule has 0 spiro atoms. The van der Waals surface area contributed by atoms with Crippen LogP contribution in [0.4, 0.5) is 0 Å². The number of carbonyl (C=O) groups is 1. The smallest absolute Gasteiger partial charge is 0.173 e. The zero-order chi connectivity index (χ0) is 20.3. The fourth-order valence-electron chi connectivity index (χ4n) is 3.81. The minimum Gasteiger partial charge on any atom is -0.293 e. The number of carbonyl (C=O) groups excluding carboxylic acids is 1. The Labute approximate surface area is 183 Å². The van der Waals surface area contributed by atoms with E-state index in [-0.39, 0.29) is 5.78 Å². The summed E-state index contributed by atoms with van der Waals surface area (Å²) in [5.41, 5.74) is 2.17. The number of hydrogen-bond donors (Lipinski definition) is 0. The minimum atomic E-state index is 0.161. The van der Waals surface area contributed by atoms with Gasteiger partial charge < -0.3 is 0 Å². The van der Waals surface area contributed by atoms with E-state index < -0.39 is 0 Å². The molecular formula is C26H43BrO. The molecule has 28 heavy (non-hydrogen) atoms. The Bertz CT molecular complexity index is 480. The second-order valence-corrected chi connectivity index (χ2v) is 8.87. The quantitative estimate of drug-likeness (QED) is 0.116. The van der Waals surface area contributed by atoms with E-state index in [4.69, 9.17) is 0 Å². The molecule has 0 unspecified atom stereocenters. The van der Waals surface area contributed by atoms with Gasteiger partial charge in [0.25, 0.3) is 0 Å². The molecule has 0 bridgehead atoms. The molecule has 0 N–H and O–H groups in total. The van der Waals surface area contributed by atoms with Crippen LogP contribution < -0.4 is 0 Å². The Morgan fingerprint density at radius 2 is 1.04 bits per heavy atom. The van der Waals surface area contributed by atoms with Crippen LogP contribution in [0.3, 0.4) is 0 Å². The number of hydrogen-bond acceptors (Lipinski definition) is 1. The molecule has 0 fully saturated rings. The van der Waals surface area contributed by atoms with Crippen molar-refractivity contribution in [1.29, 1.82) is 0 Å². The maximum absolute atomic E-state index is 11.6. The summed E-state index contributed by atoms with van der Waals surface area (Å²) in [6, 6.07) is 8.15. The van der Waals surface area contributed by atoms with Crippen LogP contribution >= 0.6 is 15.9 Å². The number of Topliss-reactive ketones (excluding diaryl/α,β-unsaturated/α-hetero) is 1. The molecule has 0 atom stereocenters. The lowest BCUT2D eigenvalue weighted by atomic mass is 10.0. The van der Waals surface area contributed by atoms with Gasteiger partial charge in [-0.15, -0.1) is 0 Å². The van der Waals surface area contributed by atoms with Crippen LogP contribution in [0.25, 0.3) is 0 Å². The van der Waals surface area contributed by atoms with Crippen molar-refractivity contribution in [2.24, 2.45) is 0 Å². The number of halogens is 1. The molecule has 1 aromatic rings. The summed E-state index contributed by atoms with van der Waals surface area (Å²) in [5.74, 6) is 0.161. The Morgan fingerprint density at radius 3 is 1.43 bits per heavy atom. The van der Waals surface area contributed by atoms with Gasteiger partial charge in [-0.1, -0.05) is 143 Å². The number of aryl methyl sites for hydroxylation is 1. The first-order chi connectivity index (χ1) is 13.8. The average molecular weight is 452 g/mol. The van der Waals surface area contributed by atoms with Crippen LogP contribution in [0.1, 0.15) is 126 Å². The number of unbranched alkanes of at least 4 members (excludes halogenated alkanes) is 15. The highest BCUT2D eigenvalue weighted by molar-refractivity contribution is 9.09. The monoisotopic (exact) mass is 450 g/mol. The molecule has 2 heteroatoms. The Balaban J connectivity index is 1.84. The predicted molar refractivity (Wildman–Crippen MR) is 128 cm³/mol. The first kappa shape index (κ1) is 25.4. The van der Waals surface area contributed by atoms with Crippen molar-refractivity contribution in [3.63, 3.8) is 0 Å². The number of alkyl halides is 1. The highest BCUT2D eigenvalue weighted by atomic mass is 79.9. The molecule has 0 aliphatic carbocycles. The number of benzene rings is 1. The molecule has 1 aromatic carbocycles. The predicted octanol–water partition coefficient (Wildman–Crippen LogP) is 9.07. The summed E-state index contributed by atoms with van der Waals surface area (Å²) in [7, 11) is 0. The van der Waals surface area contributed by atoms with E-state index in [0.717, 1.165) is 12.0 Å². The highest BCUT2D eigenvalue weighted by Crippen LogP contribution is 2.15. The SMILES string of the molecule is CCCCCCCCCCCCCCCCCCc1ccc(C(=O)CBr)cc1. The van der Waals surface area contributed by atoms with Crippen LogP contribution in [0.2, 0.25) is 0 Å². The molecule has 0 aliphatic heterocycles. The molecule has 160 valence electrons. The lowest BCUT2D eigenvalue weighted by molar-refractivity contribution is 0.102. The van der Waals surface area contributed by atoms with Gasteiger partial charge in [0.2, 0.25) is 0 Å². The van der Waals surface area contributed by atoms with Crippen LogP contribution in [0.15, 0.2) is 24.3 Å². The van der Waals surface area contributed by atoms with E-state index in [1.807, 2.05) is 12.1 Å². The fraction of sp³-hybridized carbons (Fsp3) is 0.731. The van der Waals surface area contributed by atoms with E-state index >= 15 is 0 Å². The van der Waals surface area contributed by atoms with Gasteiger partial charge in [-0.2, -0.15) is 0 Å². The van der Waals surface area contributed by atoms with Gasteiger partial charge in [0.15, 0.2) is 5.78 Å². The van der Waals surface area contributed by atoms with Crippen molar-refractivity contribution in [3.8, 4) is 0 Å². The molecule has 1 rings (SSSR count). The minimum absolute atomic E-state index is 0.161. The highest BCUT2D eigenvalue weighted by Gasteiger charge is 2.03. The molecular weight excluding hydrogens is 408 g/mol. The van der Waals surface area contributed by atoms with Crippen LogP contribution in [-0.4, -0.2) is 11.1 Å². The maximum atomic E-state index is 11.6. The average Bonchev–Trinajstić information content (AvgIpc) is 2.73. The number of ketones is 1. The molecule has 1 nitrogen and oxygen atoms in total. The van der Waals surface area contributed by atoms with Crippen molar-refractivity contribution in [1.82, 2.24) is 0 Å².